The number of hydrogen-bond acceptors (Lipinski definition) is 5. The zero-order valence-electron chi connectivity index (χ0n) is 12.6. The molecule has 7 heteroatoms. The molecule has 23 heavy (non-hydrogen) atoms. The van der Waals surface area contributed by atoms with Gasteiger partial charge in [-0.3, -0.25) is 9.59 Å². The van der Waals surface area contributed by atoms with Crippen LogP contribution in [0.1, 0.15) is 16.6 Å². The van der Waals surface area contributed by atoms with Crippen LogP contribution in [0.25, 0.3) is 11.3 Å². The van der Waals surface area contributed by atoms with E-state index in [1.165, 1.54) is 4.90 Å². The molecule has 2 amide bonds. The van der Waals surface area contributed by atoms with Gasteiger partial charge in [0.1, 0.15) is 10.9 Å². The Kier molecular flexibility index (Phi) is 4.40. The Morgan fingerprint density at radius 1 is 1.35 bits per heavy atom. The number of primary amides is 1. The number of amides is 2. The van der Waals surface area contributed by atoms with Gasteiger partial charge in [-0.15, -0.1) is 0 Å². The number of rotatable bonds is 3. The molecule has 0 aliphatic carbocycles. The van der Waals surface area contributed by atoms with Crippen molar-refractivity contribution in [3.05, 3.63) is 41.3 Å². The predicted molar refractivity (Wildman–Crippen MR) is 87.0 cm³/mol. The van der Waals surface area contributed by atoms with Crippen LogP contribution in [0.4, 0.5) is 0 Å². The largest absolute Gasteiger partial charge is 0.374 e. The first-order valence-corrected chi connectivity index (χ1v) is 8.09. The lowest BCUT2D eigenvalue weighted by atomic mass is 10.1. The van der Waals surface area contributed by atoms with Gasteiger partial charge in [-0.25, -0.2) is 0 Å². The molecule has 1 aliphatic heterocycles. The molecule has 1 fully saturated rings. The summed E-state index contributed by atoms with van der Waals surface area (Å²) in [5.74, 6) is -0.790. The fourth-order valence-corrected chi connectivity index (χ4v) is 3.41. The zero-order chi connectivity index (χ0) is 16.4. The van der Waals surface area contributed by atoms with Crippen molar-refractivity contribution in [2.75, 3.05) is 13.2 Å². The summed E-state index contributed by atoms with van der Waals surface area (Å²) in [6, 6.07) is 10.6. The van der Waals surface area contributed by atoms with Crippen LogP contribution in [0.3, 0.4) is 0 Å². The average Bonchev–Trinajstić information content (AvgIpc) is 3.04. The van der Waals surface area contributed by atoms with Gasteiger partial charge in [0.15, 0.2) is 0 Å². The first-order chi connectivity index (χ1) is 11.1. The number of carbonyl (C=O) groups excluding carboxylic acids is 2. The van der Waals surface area contributed by atoms with E-state index in [4.69, 9.17) is 10.5 Å². The quantitative estimate of drug-likeness (QED) is 0.924. The molecule has 0 spiro atoms. The van der Waals surface area contributed by atoms with Gasteiger partial charge in [0.25, 0.3) is 5.91 Å². The first kappa shape index (κ1) is 15.6. The number of benzene rings is 1. The predicted octanol–water partition coefficient (Wildman–Crippen LogP) is 1.52. The Bertz CT molecular complexity index is 716. The van der Waals surface area contributed by atoms with E-state index < -0.39 is 18.1 Å². The van der Waals surface area contributed by atoms with Crippen LogP contribution in [-0.2, 0) is 9.53 Å². The average molecular weight is 331 g/mol. The Hall–Kier alpha value is -2.25. The van der Waals surface area contributed by atoms with Crippen LogP contribution < -0.4 is 5.73 Å². The van der Waals surface area contributed by atoms with Crippen LogP contribution in [-0.4, -0.2) is 46.4 Å². The third kappa shape index (κ3) is 3.11. The molecule has 0 unspecified atom stereocenters. The van der Waals surface area contributed by atoms with Gasteiger partial charge in [-0.2, -0.15) is 4.37 Å². The fourth-order valence-electron chi connectivity index (χ4n) is 2.70. The number of nitrogens with two attached hydrogens (primary N) is 1. The van der Waals surface area contributed by atoms with Crippen molar-refractivity contribution in [3.63, 3.8) is 0 Å². The number of carbonyl (C=O) groups is 2. The second kappa shape index (κ2) is 6.47. The minimum Gasteiger partial charge on any atom is -0.374 e. The summed E-state index contributed by atoms with van der Waals surface area (Å²) in [7, 11) is 0. The Morgan fingerprint density at radius 3 is 2.78 bits per heavy atom. The second-order valence-corrected chi connectivity index (χ2v) is 6.17. The molecule has 2 heterocycles. The van der Waals surface area contributed by atoms with Crippen molar-refractivity contribution in [2.45, 2.75) is 19.1 Å². The van der Waals surface area contributed by atoms with Gasteiger partial charge in [-0.05, 0) is 24.5 Å². The summed E-state index contributed by atoms with van der Waals surface area (Å²) in [5.41, 5.74) is 7.13. The van der Waals surface area contributed by atoms with Crippen molar-refractivity contribution < 1.29 is 14.3 Å². The fraction of sp³-hybridized carbons (Fsp3) is 0.312. The molecule has 120 valence electrons. The van der Waals surface area contributed by atoms with E-state index in [-0.39, 0.29) is 5.91 Å². The minimum atomic E-state index is -0.751. The highest BCUT2D eigenvalue weighted by molar-refractivity contribution is 7.08. The minimum absolute atomic E-state index is 0.233. The zero-order valence-corrected chi connectivity index (χ0v) is 13.5. The van der Waals surface area contributed by atoms with Crippen LogP contribution in [0, 0.1) is 0 Å². The third-order valence-corrected chi connectivity index (χ3v) is 4.61. The normalized spacial score (nSPS) is 21.2. The van der Waals surface area contributed by atoms with E-state index in [2.05, 4.69) is 4.37 Å². The molecule has 2 N–H and O–H groups in total. The molecule has 6 nitrogen and oxygen atoms in total. The second-order valence-electron chi connectivity index (χ2n) is 5.36. The lowest BCUT2D eigenvalue weighted by molar-refractivity contribution is -0.132. The highest BCUT2D eigenvalue weighted by atomic mass is 32.1. The van der Waals surface area contributed by atoms with Crippen LogP contribution >= 0.6 is 11.5 Å². The topological polar surface area (TPSA) is 85.5 Å². The standard InChI is InChI=1S/C16H17N3O3S/c1-10-14(15(17)20)19(7-8-22-10)16(21)13-9-12(18-23-13)11-5-3-2-4-6-11/h2-6,9-10,14H,7-8H2,1H3,(H2,17,20)/t10-,14+/m1/s1. The Labute approximate surface area is 138 Å². The van der Waals surface area contributed by atoms with Crippen molar-refractivity contribution in [1.82, 2.24) is 9.27 Å². The van der Waals surface area contributed by atoms with E-state index in [1.807, 2.05) is 30.3 Å². The van der Waals surface area contributed by atoms with E-state index in [9.17, 15) is 9.59 Å². The molecule has 1 aliphatic rings. The summed E-state index contributed by atoms with van der Waals surface area (Å²) in [4.78, 5) is 26.4. The number of morpholine rings is 1. The smallest absolute Gasteiger partial charge is 0.266 e. The van der Waals surface area contributed by atoms with E-state index in [0.29, 0.717) is 18.0 Å². The maximum Gasteiger partial charge on any atom is 0.266 e. The molecule has 2 atom stereocenters. The third-order valence-electron chi connectivity index (χ3n) is 3.84. The van der Waals surface area contributed by atoms with Gasteiger partial charge >= 0.3 is 0 Å². The van der Waals surface area contributed by atoms with E-state index >= 15 is 0 Å². The lowest BCUT2D eigenvalue weighted by Gasteiger charge is -2.37. The maximum absolute atomic E-state index is 12.7. The van der Waals surface area contributed by atoms with E-state index in [1.54, 1.807) is 13.0 Å². The molecule has 1 aromatic carbocycles. The summed E-state index contributed by atoms with van der Waals surface area (Å²) >= 11 is 1.13. The summed E-state index contributed by atoms with van der Waals surface area (Å²) in [5, 5.41) is 0. The van der Waals surface area contributed by atoms with Crippen molar-refractivity contribution in [1.29, 1.82) is 0 Å². The van der Waals surface area contributed by atoms with Gasteiger partial charge in [0, 0.05) is 12.1 Å². The molecular formula is C16H17N3O3S. The molecule has 0 saturated carbocycles. The van der Waals surface area contributed by atoms with Crippen LogP contribution in [0.5, 0.6) is 0 Å². The maximum atomic E-state index is 12.7. The summed E-state index contributed by atoms with van der Waals surface area (Å²) in [6.45, 7) is 2.48. The number of nitrogens with zero attached hydrogens (tertiary/aromatic N) is 2. The van der Waals surface area contributed by atoms with Gasteiger partial charge < -0.3 is 15.4 Å². The molecule has 1 saturated heterocycles. The Balaban J connectivity index is 1.85. The first-order valence-electron chi connectivity index (χ1n) is 7.32. The molecular weight excluding hydrogens is 314 g/mol. The van der Waals surface area contributed by atoms with Crippen LogP contribution in [0.2, 0.25) is 0 Å². The lowest BCUT2D eigenvalue weighted by Crippen LogP contribution is -2.58. The van der Waals surface area contributed by atoms with Crippen molar-refractivity contribution >= 4 is 23.3 Å². The van der Waals surface area contributed by atoms with Crippen molar-refractivity contribution in [2.24, 2.45) is 5.73 Å². The number of hydrogen-bond donors (Lipinski definition) is 1. The molecule has 0 radical (unpaired) electrons. The summed E-state index contributed by atoms with van der Waals surface area (Å²) in [6.07, 6.45) is -0.410. The van der Waals surface area contributed by atoms with E-state index in [0.717, 1.165) is 22.8 Å². The molecule has 2 aromatic rings. The molecule has 3 rings (SSSR count). The number of ether oxygens (including phenoxy) is 1. The highest BCUT2D eigenvalue weighted by Crippen LogP contribution is 2.24. The highest BCUT2D eigenvalue weighted by Gasteiger charge is 2.37. The summed E-state index contributed by atoms with van der Waals surface area (Å²) < 4.78 is 9.77. The van der Waals surface area contributed by atoms with Crippen molar-refractivity contribution in [3.8, 4) is 11.3 Å². The van der Waals surface area contributed by atoms with Gasteiger partial charge in [-0.1, -0.05) is 30.3 Å². The van der Waals surface area contributed by atoms with Gasteiger partial charge in [0.2, 0.25) is 5.91 Å². The SMILES string of the molecule is C[C@H]1OCCN(C(=O)c2cc(-c3ccccc3)ns2)[C@@H]1C(N)=O. The van der Waals surface area contributed by atoms with Crippen LogP contribution in [0.15, 0.2) is 36.4 Å². The Morgan fingerprint density at radius 2 is 2.09 bits per heavy atom. The monoisotopic (exact) mass is 331 g/mol. The number of aromatic nitrogens is 1. The molecule has 1 aromatic heterocycles. The van der Waals surface area contributed by atoms with Gasteiger partial charge in [0.05, 0.1) is 18.4 Å². The molecule has 0 bridgehead atoms.